The van der Waals surface area contributed by atoms with E-state index in [1.54, 1.807) is 6.08 Å². The third kappa shape index (κ3) is 6.08. The van der Waals surface area contributed by atoms with Gasteiger partial charge in [-0.2, -0.15) is 4.99 Å². The molecule has 0 radical (unpaired) electrons. The highest BCUT2D eigenvalue weighted by atomic mass is 16.1. The van der Waals surface area contributed by atoms with E-state index in [1.165, 1.54) is 19.3 Å². The molecule has 0 aromatic rings. The minimum absolute atomic E-state index is 0.0284. The van der Waals surface area contributed by atoms with E-state index < -0.39 is 0 Å². The van der Waals surface area contributed by atoms with Gasteiger partial charge in [0, 0.05) is 0 Å². The Balaban J connectivity index is 3.38. The summed E-state index contributed by atoms with van der Waals surface area (Å²) < 4.78 is 0. The zero-order chi connectivity index (χ0) is 9.23. The summed E-state index contributed by atoms with van der Waals surface area (Å²) in [7, 11) is 1.81. The Morgan fingerprint density at radius 2 is 2.17 bits per heavy atom. The third-order valence-corrected chi connectivity index (χ3v) is 1.87. The molecule has 12 heavy (non-hydrogen) atoms. The summed E-state index contributed by atoms with van der Waals surface area (Å²) in [4.78, 5) is 13.6. The Bertz CT molecular complexity index is 141. The van der Waals surface area contributed by atoms with E-state index in [9.17, 15) is 4.79 Å². The molecule has 3 nitrogen and oxygen atoms in total. The highest BCUT2D eigenvalue weighted by Gasteiger charge is 2.01. The van der Waals surface area contributed by atoms with Crippen LogP contribution in [-0.2, 0) is 4.79 Å². The number of hydrogen-bond donors (Lipinski definition) is 1. The molecule has 0 rings (SSSR count). The molecule has 0 bridgehead atoms. The molecule has 0 aliphatic rings. The van der Waals surface area contributed by atoms with Crippen LogP contribution in [0.1, 0.15) is 39.0 Å². The van der Waals surface area contributed by atoms with Gasteiger partial charge < -0.3 is 0 Å². The van der Waals surface area contributed by atoms with Crippen molar-refractivity contribution in [1.29, 1.82) is 0 Å². The Labute approximate surface area is 74.3 Å². The van der Waals surface area contributed by atoms with Gasteiger partial charge in [-0.15, -0.1) is 0 Å². The Kier molecular flexibility index (Phi) is 7.97. The number of nitrogens with one attached hydrogen (secondary N) is 1. The summed E-state index contributed by atoms with van der Waals surface area (Å²) in [5.74, 6) is 0. The minimum atomic E-state index is -0.0284. The number of aliphatic imine (C=N–C) groups is 1. The fraction of sp³-hybridized carbons (Fsp3) is 0.889. The standard InChI is InChI=1S/C9H18N2O/c1-3-4-5-6-7-9(10-2)11-8-12/h9-10H,3-7H2,1-2H3. The van der Waals surface area contributed by atoms with Crippen molar-refractivity contribution >= 4 is 6.08 Å². The van der Waals surface area contributed by atoms with E-state index in [2.05, 4.69) is 17.2 Å². The minimum Gasteiger partial charge on any atom is -0.298 e. The van der Waals surface area contributed by atoms with Crippen molar-refractivity contribution in [1.82, 2.24) is 5.32 Å². The number of nitrogens with zero attached hydrogens (tertiary/aromatic N) is 1. The molecule has 0 aliphatic heterocycles. The molecule has 70 valence electrons. The van der Waals surface area contributed by atoms with Crippen molar-refractivity contribution in [3.8, 4) is 0 Å². The first-order valence-corrected chi connectivity index (χ1v) is 4.59. The first-order valence-electron chi connectivity index (χ1n) is 4.59. The fourth-order valence-electron chi connectivity index (χ4n) is 1.10. The van der Waals surface area contributed by atoms with Crippen molar-refractivity contribution in [2.45, 2.75) is 45.2 Å². The number of isocyanates is 1. The van der Waals surface area contributed by atoms with Crippen LogP contribution < -0.4 is 5.32 Å². The maximum absolute atomic E-state index is 9.93. The zero-order valence-corrected chi connectivity index (χ0v) is 7.97. The summed E-state index contributed by atoms with van der Waals surface area (Å²) in [5, 5.41) is 2.95. The number of carbonyl (C=O) groups excluding carboxylic acids is 1. The van der Waals surface area contributed by atoms with Crippen LogP contribution in [0.3, 0.4) is 0 Å². The number of hydrogen-bond acceptors (Lipinski definition) is 3. The van der Waals surface area contributed by atoms with E-state index in [4.69, 9.17) is 0 Å². The van der Waals surface area contributed by atoms with Crippen LogP contribution in [0.5, 0.6) is 0 Å². The SMILES string of the molecule is CCCCCCC(N=C=O)NC. The molecule has 0 saturated carbocycles. The summed E-state index contributed by atoms with van der Waals surface area (Å²) in [5.41, 5.74) is 0. The van der Waals surface area contributed by atoms with Gasteiger partial charge in [0.25, 0.3) is 0 Å². The highest BCUT2D eigenvalue weighted by molar-refractivity contribution is 5.33. The van der Waals surface area contributed by atoms with E-state index in [1.807, 2.05) is 7.05 Å². The van der Waals surface area contributed by atoms with Crippen LogP contribution in [0, 0.1) is 0 Å². The van der Waals surface area contributed by atoms with Crippen molar-refractivity contribution < 1.29 is 4.79 Å². The maximum atomic E-state index is 9.93. The van der Waals surface area contributed by atoms with Gasteiger partial charge in [0.05, 0.1) is 0 Å². The van der Waals surface area contributed by atoms with Gasteiger partial charge in [-0.3, -0.25) is 5.32 Å². The summed E-state index contributed by atoms with van der Waals surface area (Å²) in [6.07, 6.45) is 7.34. The van der Waals surface area contributed by atoms with Crippen LogP contribution in [0.4, 0.5) is 0 Å². The first kappa shape index (κ1) is 11.3. The molecule has 1 atom stereocenters. The maximum Gasteiger partial charge on any atom is 0.236 e. The molecule has 1 unspecified atom stereocenters. The molecule has 0 aromatic heterocycles. The van der Waals surface area contributed by atoms with Crippen LogP contribution in [0.15, 0.2) is 4.99 Å². The Morgan fingerprint density at radius 1 is 1.42 bits per heavy atom. The number of unbranched alkanes of at least 4 members (excludes halogenated alkanes) is 3. The van der Waals surface area contributed by atoms with Crippen molar-refractivity contribution in [2.24, 2.45) is 4.99 Å². The normalized spacial score (nSPS) is 12.2. The topological polar surface area (TPSA) is 41.5 Å². The molecule has 3 heteroatoms. The van der Waals surface area contributed by atoms with E-state index in [0.717, 1.165) is 12.8 Å². The van der Waals surface area contributed by atoms with Gasteiger partial charge in [-0.25, -0.2) is 4.79 Å². The molecule has 0 aliphatic carbocycles. The van der Waals surface area contributed by atoms with Gasteiger partial charge in [0.1, 0.15) is 6.17 Å². The van der Waals surface area contributed by atoms with Gasteiger partial charge in [0.15, 0.2) is 0 Å². The van der Waals surface area contributed by atoms with Crippen molar-refractivity contribution in [3.05, 3.63) is 0 Å². The molecule has 0 aromatic carbocycles. The summed E-state index contributed by atoms with van der Waals surface area (Å²) in [6.45, 7) is 2.18. The smallest absolute Gasteiger partial charge is 0.236 e. The lowest BCUT2D eigenvalue weighted by Gasteiger charge is -2.07. The zero-order valence-electron chi connectivity index (χ0n) is 7.97. The van der Waals surface area contributed by atoms with E-state index in [-0.39, 0.29) is 6.17 Å². The number of rotatable bonds is 7. The molecule has 0 amide bonds. The second kappa shape index (κ2) is 8.44. The molecule has 0 spiro atoms. The second-order valence-corrected chi connectivity index (χ2v) is 2.87. The molecule has 0 saturated heterocycles. The molecule has 0 fully saturated rings. The van der Waals surface area contributed by atoms with Gasteiger partial charge >= 0.3 is 0 Å². The lowest BCUT2D eigenvalue weighted by atomic mass is 10.1. The molecular formula is C9H18N2O. The fourth-order valence-corrected chi connectivity index (χ4v) is 1.10. The molecule has 1 N–H and O–H groups in total. The summed E-state index contributed by atoms with van der Waals surface area (Å²) >= 11 is 0. The molecular weight excluding hydrogens is 152 g/mol. The van der Waals surface area contributed by atoms with E-state index in [0.29, 0.717) is 0 Å². The second-order valence-electron chi connectivity index (χ2n) is 2.87. The monoisotopic (exact) mass is 170 g/mol. The third-order valence-electron chi connectivity index (χ3n) is 1.87. The Hall–Kier alpha value is -0.660. The molecule has 0 heterocycles. The van der Waals surface area contributed by atoms with Crippen molar-refractivity contribution in [2.75, 3.05) is 7.05 Å². The van der Waals surface area contributed by atoms with Crippen LogP contribution in [0.25, 0.3) is 0 Å². The predicted molar refractivity (Wildman–Crippen MR) is 49.7 cm³/mol. The van der Waals surface area contributed by atoms with E-state index >= 15 is 0 Å². The lowest BCUT2D eigenvalue weighted by Crippen LogP contribution is -2.22. The largest absolute Gasteiger partial charge is 0.298 e. The van der Waals surface area contributed by atoms with Gasteiger partial charge in [-0.05, 0) is 19.9 Å². The first-order chi connectivity index (χ1) is 5.85. The quantitative estimate of drug-likeness (QED) is 0.360. The van der Waals surface area contributed by atoms with Gasteiger partial charge in [0.2, 0.25) is 6.08 Å². The average Bonchev–Trinajstić information content (AvgIpc) is 2.10. The highest BCUT2D eigenvalue weighted by Crippen LogP contribution is 2.05. The van der Waals surface area contributed by atoms with Crippen LogP contribution in [0.2, 0.25) is 0 Å². The van der Waals surface area contributed by atoms with Crippen molar-refractivity contribution in [3.63, 3.8) is 0 Å². The Morgan fingerprint density at radius 3 is 2.67 bits per heavy atom. The predicted octanol–water partition coefficient (Wildman–Crippen LogP) is 1.84. The van der Waals surface area contributed by atoms with Crippen LogP contribution in [-0.4, -0.2) is 19.3 Å². The van der Waals surface area contributed by atoms with Crippen LogP contribution >= 0.6 is 0 Å². The average molecular weight is 170 g/mol. The van der Waals surface area contributed by atoms with Gasteiger partial charge in [-0.1, -0.05) is 26.2 Å². The lowest BCUT2D eigenvalue weighted by molar-refractivity contribution is 0.493. The summed E-state index contributed by atoms with van der Waals surface area (Å²) in [6, 6.07) is 0.